The summed E-state index contributed by atoms with van der Waals surface area (Å²) in [7, 11) is 1.45. The fourth-order valence-electron chi connectivity index (χ4n) is 2.80. The van der Waals surface area contributed by atoms with Crippen LogP contribution in [0.4, 0.5) is 0 Å². The molecule has 9 nitrogen and oxygen atoms in total. The fraction of sp³-hybridized carbons (Fsp3) is 0.158. The zero-order valence-electron chi connectivity index (χ0n) is 15.9. The number of hydrogen-bond acceptors (Lipinski definition) is 10. The Kier molecular flexibility index (Phi) is 5.66. The molecule has 0 saturated carbocycles. The average Bonchev–Trinajstić information content (AvgIpc) is 3.42. The number of aliphatic imine (C=N–C) groups is 1. The maximum atomic E-state index is 12.1. The Balaban J connectivity index is 1.61. The number of nitrogens with one attached hydrogen (secondary N) is 1. The van der Waals surface area contributed by atoms with Crippen molar-refractivity contribution >= 4 is 51.9 Å². The van der Waals surface area contributed by atoms with Gasteiger partial charge in [-0.25, -0.2) is 14.7 Å². The van der Waals surface area contributed by atoms with E-state index in [0.717, 1.165) is 11.9 Å². The van der Waals surface area contributed by atoms with Crippen LogP contribution in [0, 0.1) is 5.41 Å². The summed E-state index contributed by atoms with van der Waals surface area (Å²) in [5.74, 6) is 0.0521. The second kappa shape index (κ2) is 8.38. The first-order chi connectivity index (χ1) is 14.5. The van der Waals surface area contributed by atoms with Crippen LogP contribution >= 0.6 is 23.7 Å². The average molecular weight is 444 g/mol. The first-order valence-corrected chi connectivity index (χ1v) is 10.6. The number of nitrogens with zero attached hydrogens (tertiary/aromatic N) is 3. The van der Waals surface area contributed by atoms with Gasteiger partial charge < -0.3 is 19.0 Å². The Hall–Kier alpha value is -3.02. The summed E-state index contributed by atoms with van der Waals surface area (Å²) in [5.41, 5.74) is 0.946. The van der Waals surface area contributed by atoms with Crippen LogP contribution in [0.2, 0.25) is 0 Å². The van der Waals surface area contributed by atoms with E-state index in [9.17, 15) is 9.90 Å². The molecule has 0 aliphatic carbocycles. The first-order valence-electron chi connectivity index (χ1n) is 8.61. The molecule has 2 aliphatic heterocycles. The molecule has 2 N–H and O–H groups in total. The topological polar surface area (TPSA) is 121 Å². The van der Waals surface area contributed by atoms with Gasteiger partial charge in [-0.1, -0.05) is 17.8 Å². The minimum atomic E-state index is -1.19. The second-order valence-corrected chi connectivity index (χ2v) is 7.52. The summed E-state index contributed by atoms with van der Waals surface area (Å²) < 4.78 is 19.9. The molecule has 154 valence electrons. The third kappa shape index (κ3) is 3.74. The SMILES string of the molecule is COc1cc(/C=C2/C(=N)N3C(SC)=NSC3=NC2O)ccc1OC(=O)c1ccco1. The zero-order chi connectivity index (χ0) is 21.3. The second-order valence-electron chi connectivity index (χ2n) is 6.02. The number of aliphatic hydroxyl groups is 1. The lowest BCUT2D eigenvalue weighted by Crippen LogP contribution is -2.42. The Bertz CT molecular complexity index is 1090. The van der Waals surface area contributed by atoms with Gasteiger partial charge in [-0.15, -0.1) is 0 Å². The molecular formula is C19H16N4O5S2. The van der Waals surface area contributed by atoms with Crippen LogP contribution < -0.4 is 9.47 Å². The minimum absolute atomic E-state index is 0.0745. The van der Waals surface area contributed by atoms with Crippen LogP contribution in [-0.2, 0) is 0 Å². The number of carbonyl (C=O) groups excluding carboxylic acids is 1. The lowest BCUT2D eigenvalue weighted by molar-refractivity contribution is 0.0696. The number of ether oxygens (including phenoxy) is 2. The van der Waals surface area contributed by atoms with E-state index >= 15 is 0 Å². The van der Waals surface area contributed by atoms with Crippen molar-refractivity contribution in [1.29, 1.82) is 5.41 Å². The van der Waals surface area contributed by atoms with Gasteiger partial charge in [0.05, 0.1) is 25.3 Å². The molecule has 0 saturated heterocycles. The number of fused-ring (bicyclic) bond motifs is 1. The molecule has 1 unspecified atom stereocenters. The summed E-state index contributed by atoms with van der Waals surface area (Å²) in [4.78, 5) is 17.9. The van der Waals surface area contributed by atoms with E-state index < -0.39 is 12.2 Å². The quantitative estimate of drug-likeness (QED) is 0.419. The number of rotatable bonds is 4. The predicted octanol–water partition coefficient (Wildman–Crippen LogP) is 3.24. The van der Waals surface area contributed by atoms with Crippen molar-refractivity contribution in [3.05, 3.63) is 53.5 Å². The molecule has 11 heteroatoms. The van der Waals surface area contributed by atoms with E-state index in [0.29, 0.717) is 27.2 Å². The number of methoxy groups -OCH3 is 1. The van der Waals surface area contributed by atoms with Gasteiger partial charge in [0.15, 0.2) is 28.1 Å². The predicted molar refractivity (Wildman–Crippen MR) is 116 cm³/mol. The van der Waals surface area contributed by atoms with E-state index in [-0.39, 0.29) is 17.3 Å². The maximum Gasteiger partial charge on any atom is 0.379 e. The fourth-order valence-corrected chi connectivity index (χ4v) is 4.27. The molecule has 1 aromatic carbocycles. The summed E-state index contributed by atoms with van der Waals surface area (Å²) in [5, 5.41) is 20.0. The molecule has 0 fully saturated rings. The van der Waals surface area contributed by atoms with Gasteiger partial charge in [-0.2, -0.15) is 4.40 Å². The van der Waals surface area contributed by atoms with E-state index in [2.05, 4.69) is 9.39 Å². The van der Waals surface area contributed by atoms with Gasteiger partial charge >= 0.3 is 5.97 Å². The van der Waals surface area contributed by atoms with Gasteiger partial charge in [-0.3, -0.25) is 5.41 Å². The van der Waals surface area contributed by atoms with Gasteiger partial charge in [-0.05, 0) is 42.2 Å². The third-order valence-electron chi connectivity index (χ3n) is 4.21. The number of amidine groups is 3. The Morgan fingerprint density at radius 3 is 2.93 bits per heavy atom. The van der Waals surface area contributed by atoms with Crippen molar-refractivity contribution in [3.63, 3.8) is 0 Å². The first kappa shape index (κ1) is 20.3. The molecule has 3 heterocycles. The van der Waals surface area contributed by atoms with Crippen molar-refractivity contribution in [1.82, 2.24) is 4.90 Å². The molecule has 0 bridgehead atoms. The number of hydrogen-bond donors (Lipinski definition) is 2. The Morgan fingerprint density at radius 1 is 1.40 bits per heavy atom. The van der Waals surface area contributed by atoms with E-state index in [1.54, 1.807) is 35.2 Å². The summed E-state index contributed by atoms with van der Waals surface area (Å²) in [6.45, 7) is 0. The molecule has 0 spiro atoms. The van der Waals surface area contributed by atoms with Crippen molar-refractivity contribution in [3.8, 4) is 11.5 Å². The number of carbonyl (C=O) groups is 1. The van der Waals surface area contributed by atoms with Crippen LogP contribution in [0.15, 0.2) is 56.0 Å². The molecule has 1 aromatic heterocycles. The van der Waals surface area contributed by atoms with Gasteiger partial charge in [0.25, 0.3) is 0 Å². The Morgan fingerprint density at radius 2 is 2.23 bits per heavy atom. The van der Waals surface area contributed by atoms with Crippen molar-refractivity contribution in [2.24, 2.45) is 9.39 Å². The molecule has 30 heavy (non-hydrogen) atoms. The number of furan rings is 1. The van der Waals surface area contributed by atoms with Crippen molar-refractivity contribution in [2.75, 3.05) is 13.4 Å². The molecule has 2 aromatic rings. The smallest absolute Gasteiger partial charge is 0.379 e. The van der Waals surface area contributed by atoms with Crippen LogP contribution in [-0.4, -0.2) is 51.7 Å². The van der Waals surface area contributed by atoms with Crippen LogP contribution in [0.1, 0.15) is 16.1 Å². The molecule has 0 radical (unpaired) electrons. The number of esters is 1. The van der Waals surface area contributed by atoms with Crippen molar-refractivity contribution < 1.29 is 23.8 Å². The number of thioether (sulfide) groups is 1. The highest BCUT2D eigenvalue weighted by atomic mass is 32.2. The number of benzene rings is 1. The highest BCUT2D eigenvalue weighted by Crippen LogP contribution is 2.34. The third-order valence-corrected chi connectivity index (χ3v) is 5.68. The zero-order valence-corrected chi connectivity index (χ0v) is 17.5. The molecule has 1 atom stereocenters. The van der Waals surface area contributed by atoms with Crippen LogP contribution in [0.3, 0.4) is 0 Å². The van der Waals surface area contributed by atoms with E-state index in [1.807, 2.05) is 6.26 Å². The van der Waals surface area contributed by atoms with E-state index in [4.69, 9.17) is 19.3 Å². The molecular weight excluding hydrogens is 428 g/mol. The minimum Gasteiger partial charge on any atom is -0.493 e. The molecule has 2 aliphatic rings. The summed E-state index contributed by atoms with van der Waals surface area (Å²) in [6.07, 6.45) is 3.69. The summed E-state index contributed by atoms with van der Waals surface area (Å²) in [6, 6.07) is 7.98. The summed E-state index contributed by atoms with van der Waals surface area (Å²) >= 11 is 2.52. The highest BCUT2D eigenvalue weighted by Gasteiger charge is 2.36. The van der Waals surface area contributed by atoms with Crippen molar-refractivity contribution in [2.45, 2.75) is 6.23 Å². The molecule has 4 rings (SSSR count). The monoisotopic (exact) mass is 444 g/mol. The Labute approximate surface area is 180 Å². The van der Waals surface area contributed by atoms with Gasteiger partial charge in [0.2, 0.25) is 5.76 Å². The lowest BCUT2D eigenvalue weighted by Gasteiger charge is -2.27. The van der Waals surface area contributed by atoms with Gasteiger partial charge in [0, 0.05) is 5.57 Å². The standard InChI is InChI=1S/C19H16N4O5S2/c1-26-14-9-10(5-6-12(14)28-17(25)13-4-3-7-27-13)8-11-15(20)23-18(21-16(11)24)30-22-19(23)29-2/h3-9,16,20,24H,1-2H3/b11-8-,20-15?. The normalized spacial score (nSPS) is 19.4. The largest absolute Gasteiger partial charge is 0.493 e. The highest BCUT2D eigenvalue weighted by molar-refractivity contribution is 8.18. The van der Waals surface area contributed by atoms with E-state index in [1.165, 1.54) is 31.2 Å². The van der Waals surface area contributed by atoms with Gasteiger partial charge in [0.1, 0.15) is 5.84 Å². The number of aliphatic hydroxyl groups excluding tert-OH is 1. The maximum absolute atomic E-state index is 12.1. The van der Waals surface area contributed by atoms with Crippen LogP contribution in [0.25, 0.3) is 6.08 Å². The lowest BCUT2D eigenvalue weighted by atomic mass is 10.1. The molecule has 0 amide bonds. The van der Waals surface area contributed by atoms with Crippen LogP contribution in [0.5, 0.6) is 11.5 Å².